The van der Waals surface area contributed by atoms with E-state index in [4.69, 9.17) is 0 Å². The van der Waals surface area contributed by atoms with Crippen molar-refractivity contribution in [3.8, 4) is 0 Å². The third kappa shape index (κ3) is 2.38. The number of nitrogens with one attached hydrogen (secondary N) is 1. The molecule has 2 unspecified atom stereocenters. The van der Waals surface area contributed by atoms with E-state index in [1.165, 1.54) is 0 Å². The Bertz CT molecular complexity index is 366. The first kappa shape index (κ1) is 11.9. The molecule has 0 aromatic rings. The molecular weight excluding hydrogens is 228 g/mol. The number of hydrogen-bond donors (Lipinski definition) is 1. The Kier molecular flexibility index (Phi) is 3.21. The molecule has 2 aliphatic rings. The largest absolute Gasteiger partial charge is 0.340 e. The molecule has 0 radical (unpaired) electrons. The summed E-state index contributed by atoms with van der Waals surface area (Å²) in [5.41, 5.74) is 0. The molecule has 2 atom stereocenters. The normalized spacial score (nSPS) is 33.9. The molecule has 2 saturated heterocycles. The lowest BCUT2D eigenvalue weighted by Crippen LogP contribution is -2.47. The fourth-order valence-corrected chi connectivity index (χ4v) is 3.51. The van der Waals surface area contributed by atoms with E-state index >= 15 is 0 Å². The monoisotopic (exact) mass is 246 g/mol. The van der Waals surface area contributed by atoms with E-state index in [1.54, 1.807) is 4.90 Å². The van der Waals surface area contributed by atoms with E-state index < -0.39 is 9.84 Å². The van der Waals surface area contributed by atoms with E-state index in [1.807, 2.05) is 0 Å². The summed E-state index contributed by atoms with van der Waals surface area (Å²) in [6, 6.07) is 0. The maximum Gasteiger partial charge on any atom is 0.227 e. The second-order valence-electron chi connectivity index (χ2n) is 4.72. The van der Waals surface area contributed by atoms with Gasteiger partial charge in [0.05, 0.1) is 17.4 Å². The lowest BCUT2D eigenvalue weighted by Gasteiger charge is -2.30. The van der Waals surface area contributed by atoms with Crippen LogP contribution in [0.2, 0.25) is 0 Å². The number of sulfone groups is 1. The lowest BCUT2D eigenvalue weighted by atomic mass is 9.96. The van der Waals surface area contributed by atoms with Crippen molar-refractivity contribution >= 4 is 15.7 Å². The zero-order valence-electron chi connectivity index (χ0n) is 9.48. The van der Waals surface area contributed by atoms with Crippen molar-refractivity contribution in [2.24, 2.45) is 11.8 Å². The van der Waals surface area contributed by atoms with Crippen LogP contribution in [-0.2, 0) is 14.6 Å². The predicted molar refractivity (Wildman–Crippen MR) is 60.8 cm³/mol. The van der Waals surface area contributed by atoms with Crippen molar-refractivity contribution in [1.82, 2.24) is 10.2 Å². The molecule has 0 bridgehead atoms. The van der Waals surface area contributed by atoms with Crippen molar-refractivity contribution in [2.75, 3.05) is 37.7 Å². The highest BCUT2D eigenvalue weighted by molar-refractivity contribution is 7.91. The van der Waals surface area contributed by atoms with Gasteiger partial charge in [0.15, 0.2) is 9.84 Å². The summed E-state index contributed by atoms with van der Waals surface area (Å²) in [4.78, 5) is 13.8. The maximum absolute atomic E-state index is 12.1. The number of carbonyl (C=O) groups is 1. The van der Waals surface area contributed by atoms with Gasteiger partial charge in [-0.3, -0.25) is 4.79 Å². The Labute approximate surface area is 96.1 Å². The molecule has 0 spiro atoms. The minimum Gasteiger partial charge on any atom is -0.340 e. The molecule has 6 heteroatoms. The second-order valence-corrected chi connectivity index (χ2v) is 7.02. The Morgan fingerprint density at radius 1 is 1.25 bits per heavy atom. The number of carbonyl (C=O) groups excluding carboxylic acids is 1. The summed E-state index contributed by atoms with van der Waals surface area (Å²) < 4.78 is 22.5. The van der Waals surface area contributed by atoms with Crippen LogP contribution >= 0.6 is 0 Å². The van der Waals surface area contributed by atoms with Gasteiger partial charge in [-0.15, -0.1) is 0 Å². The quantitative estimate of drug-likeness (QED) is 0.651. The first-order valence-corrected chi connectivity index (χ1v) is 7.52. The van der Waals surface area contributed by atoms with Crippen LogP contribution in [0.15, 0.2) is 0 Å². The average Bonchev–Trinajstić information content (AvgIpc) is 2.63. The van der Waals surface area contributed by atoms with Gasteiger partial charge in [0.2, 0.25) is 5.91 Å². The van der Waals surface area contributed by atoms with E-state index in [2.05, 4.69) is 12.2 Å². The van der Waals surface area contributed by atoms with Gasteiger partial charge in [0, 0.05) is 19.6 Å². The van der Waals surface area contributed by atoms with Crippen LogP contribution in [0.1, 0.15) is 6.92 Å². The number of rotatable bonds is 1. The Morgan fingerprint density at radius 3 is 2.38 bits per heavy atom. The highest BCUT2D eigenvalue weighted by atomic mass is 32.2. The molecule has 0 aromatic heterocycles. The fraction of sp³-hybridized carbons (Fsp3) is 0.900. The first-order chi connectivity index (χ1) is 7.49. The second kappa shape index (κ2) is 4.33. The zero-order valence-corrected chi connectivity index (χ0v) is 10.3. The Hall–Kier alpha value is -0.620. The Morgan fingerprint density at radius 2 is 1.88 bits per heavy atom. The molecule has 1 amide bonds. The van der Waals surface area contributed by atoms with Crippen LogP contribution in [0.4, 0.5) is 0 Å². The highest BCUT2D eigenvalue weighted by Crippen LogP contribution is 2.19. The molecule has 1 N–H and O–H groups in total. The molecule has 2 aliphatic heterocycles. The minimum atomic E-state index is -2.90. The third-order valence-electron chi connectivity index (χ3n) is 3.49. The summed E-state index contributed by atoms with van der Waals surface area (Å²) >= 11 is 0. The molecule has 0 aromatic carbocycles. The van der Waals surface area contributed by atoms with Crippen LogP contribution < -0.4 is 5.32 Å². The Balaban J connectivity index is 1.96. The minimum absolute atomic E-state index is 0.0285. The SMILES string of the molecule is CC1CNCC1C(=O)N1CCS(=O)(=O)CC1. The van der Waals surface area contributed by atoms with Gasteiger partial charge in [-0.2, -0.15) is 0 Å². The molecule has 92 valence electrons. The van der Waals surface area contributed by atoms with Gasteiger partial charge in [-0.1, -0.05) is 6.92 Å². The molecule has 0 aliphatic carbocycles. The molecular formula is C10H18N2O3S. The summed E-state index contributed by atoms with van der Waals surface area (Å²) in [5.74, 6) is 0.736. The molecule has 5 nitrogen and oxygen atoms in total. The van der Waals surface area contributed by atoms with E-state index in [9.17, 15) is 13.2 Å². The maximum atomic E-state index is 12.1. The van der Waals surface area contributed by atoms with Crippen molar-refractivity contribution in [1.29, 1.82) is 0 Å². The lowest BCUT2D eigenvalue weighted by molar-refractivity contribution is -0.135. The van der Waals surface area contributed by atoms with Crippen molar-refractivity contribution in [3.05, 3.63) is 0 Å². The third-order valence-corrected chi connectivity index (χ3v) is 5.10. The summed E-state index contributed by atoms with van der Waals surface area (Å²) in [6.45, 7) is 4.39. The molecule has 2 fully saturated rings. The summed E-state index contributed by atoms with van der Waals surface area (Å²) in [6.07, 6.45) is 0. The highest BCUT2D eigenvalue weighted by Gasteiger charge is 2.34. The topological polar surface area (TPSA) is 66.5 Å². The van der Waals surface area contributed by atoms with Crippen LogP contribution in [0.3, 0.4) is 0 Å². The van der Waals surface area contributed by atoms with Gasteiger partial charge in [-0.05, 0) is 12.5 Å². The van der Waals surface area contributed by atoms with Crippen LogP contribution in [0.25, 0.3) is 0 Å². The van der Waals surface area contributed by atoms with Crippen LogP contribution in [0, 0.1) is 11.8 Å². The average molecular weight is 246 g/mol. The van der Waals surface area contributed by atoms with Crippen LogP contribution in [-0.4, -0.2) is 56.9 Å². The van der Waals surface area contributed by atoms with Crippen LogP contribution in [0.5, 0.6) is 0 Å². The predicted octanol–water partition coefficient (Wildman–Crippen LogP) is -0.901. The van der Waals surface area contributed by atoms with Gasteiger partial charge in [0.1, 0.15) is 0 Å². The van der Waals surface area contributed by atoms with Gasteiger partial charge in [-0.25, -0.2) is 8.42 Å². The van der Waals surface area contributed by atoms with E-state index in [-0.39, 0.29) is 23.3 Å². The van der Waals surface area contributed by atoms with E-state index in [0.717, 1.165) is 13.1 Å². The van der Waals surface area contributed by atoms with E-state index in [0.29, 0.717) is 19.0 Å². The standard InChI is InChI=1S/C10H18N2O3S/c1-8-6-11-7-9(8)10(13)12-2-4-16(14,15)5-3-12/h8-9,11H,2-7H2,1H3. The molecule has 16 heavy (non-hydrogen) atoms. The smallest absolute Gasteiger partial charge is 0.227 e. The van der Waals surface area contributed by atoms with Crippen molar-refractivity contribution in [3.63, 3.8) is 0 Å². The molecule has 2 heterocycles. The van der Waals surface area contributed by atoms with Crippen molar-refractivity contribution < 1.29 is 13.2 Å². The first-order valence-electron chi connectivity index (χ1n) is 5.69. The zero-order chi connectivity index (χ0) is 11.8. The molecule has 0 saturated carbocycles. The number of amides is 1. The van der Waals surface area contributed by atoms with Crippen molar-refractivity contribution in [2.45, 2.75) is 6.92 Å². The number of hydrogen-bond acceptors (Lipinski definition) is 4. The molecule has 2 rings (SSSR count). The number of nitrogens with zero attached hydrogens (tertiary/aromatic N) is 1. The van der Waals surface area contributed by atoms with Gasteiger partial charge < -0.3 is 10.2 Å². The summed E-state index contributed by atoms with van der Waals surface area (Å²) in [7, 11) is -2.90. The fourth-order valence-electron chi connectivity index (χ4n) is 2.31. The van der Waals surface area contributed by atoms with Gasteiger partial charge in [0.25, 0.3) is 0 Å². The summed E-state index contributed by atoms with van der Waals surface area (Å²) in [5, 5.41) is 3.19. The van der Waals surface area contributed by atoms with Gasteiger partial charge >= 0.3 is 0 Å².